The van der Waals surface area contributed by atoms with Gasteiger partial charge in [0.1, 0.15) is 23.1 Å². The third-order valence-electron chi connectivity index (χ3n) is 7.68. The summed E-state index contributed by atoms with van der Waals surface area (Å²) in [5.74, 6) is -1.24. The number of pyridine rings is 1. The molecule has 1 unspecified atom stereocenters. The van der Waals surface area contributed by atoms with Crippen molar-refractivity contribution in [1.82, 2.24) is 24.9 Å². The highest BCUT2D eigenvalue weighted by molar-refractivity contribution is 6.31. The third kappa shape index (κ3) is 6.31. The van der Waals surface area contributed by atoms with E-state index in [1.54, 1.807) is 29.1 Å². The first-order valence-corrected chi connectivity index (χ1v) is 14.6. The van der Waals surface area contributed by atoms with Crippen molar-refractivity contribution >= 4 is 57.3 Å². The van der Waals surface area contributed by atoms with Crippen LogP contribution in [0.25, 0.3) is 10.9 Å². The second-order valence-electron chi connectivity index (χ2n) is 10.5. The summed E-state index contributed by atoms with van der Waals surface area (Å²) in [4.78, 5) is 16.9. The SMILES string of the molecule is N#Cc1cnc2c(F)cc(NC(c3ccc(Cl)cc3)c3cn(C4CCN(C(=O)O)CC4)nn3)cc2c1Nc1ccc(F)c(Cl)c1. The van der Waals surface area contributed by atoms with Crippen LogP contribution < -0.4 is 10.6 Å². The first kappa shape index (κ1) is 30.1. The Bertz CT molecular complexity index is 1940. The van der Waals surface area contributed by atoms with E-state index in [4.69, 9.17) is 23.2 Å². The zero-order valence-corrected chi connectivity index (χ0v) is 24.9. The molecule has 0 bridgehead atoms. The maximum atomic E-state index is 15.6. The molecule has 2 aromatic heterocycles. The van der Waals surface area contributed by atoms with Crippen LogP contribution in [0.1, 0.15) is 41.7 Å². The number of halogens is 4. The summed E-state index contributed by atoms with van der Waals surface area (Å²) >= 11 is 12.1. The first-order valence-electron chi connectivity index (χ1n) is 13.9. The second-order valence-corrected chi connectivity index (χ2v) is 11.4. The minimum atomic E-state index is -0.945. The van der Waals surface area contributed by atoms with Gasteiger partial charge in [-0.05, 0) is 60.9 Å². The van der Waals surface area contributed by atoms with Gasteiger partial charge in [-0.1, -0.05) is 40.5 Å². The van der Waals surface area contributed by atoms with Crippen LogP contribution in [-0.2, 0) is 0 Å². The number of benzene rings is 3. The number of hydrogen-bond acceptors (Lipinski definition) is 7. The number of nitriles is 1. The topological polar surface area (TPSA) is 132 Å². The highest BCUT2D eigenvalue weighted by atomic mass is 35.5. The Morgan fingerprint density at radius 3 is 2.49 bits per heavy atom. The van der Waals surface area contributed by atoms with E-state index >= 15 is 4.39 Å². The average molecular weight is 649 g/mol. The Morgan fingerprint density at radius 1 is 1.04 bits per heavy atom. The number of anilines is 3. The molecule has 1 atom stereocenters. The van der Waals surface area contributed by atoms with Gasteiger partial charge in [-0.2, -0.15) is 5.26 Å². The van der Waals surface area contributed by atoms with E-state index in [0.717, 1.165) is 5.56 Å². The van der Waals surface area contributed by atoms with Crippen molar-refractivity contribution in [1.29, 1.82) is 5.26 Å². The smallest absolute Gasteiger partial charge is 0.407 e. The van der Waals surface area contributed by atoms with E-state index in [1.807, 2.05) is 12.1 Å². The number of rotatable bonds is 7. The molecule has 0 radical (unpaired) electrons. The van der Waals surface area contributed by atoms with Crippen molar-refractivity contribution in [2.45, 2.75) is 24.9 Å². The number of aromatic nitrogens is 4. The fourth-order valence-electron chi connectivity index (χ4n) is 5.35. The van der Waals surface area contributed by atoms with E-state index in [2.05, 4.69) is 32.0 Å². The molecule has 1 fully saturated rings. The quantitative estimate of drug-likeness (QED) is 0.165. The Kier molecular flexibility index (Phi) is 8.38. The largest absolute Gasteiger partial charge is 0.465 e. The summed E-state index contributed by atoms with van der Waals surface area (Å²) < 4.78 is 31.1. The van der Waals surface area contributed by atoms with Crippen molar-refractivity contribution in [2.24, 2.45) is 0 Å². The van der Waals surface area contributed by atoms with Gasteiger partial charge < -0.3 is 20.6 Å². The van der Waals surface area contributed by atoms with Gasteiger partial charge in [0.2, 0.25) is 0 Å². The summed E-state index contributed by atoms with van der Waals surface area (Å²) in [6, 6.07) is 15.5. The fourth-order valence-corrected chi connectivity index (χ4v) is 5.66. The number of nitrogens with one attached hydrogen (secondary N) is 2. The highest BCUT2D eigenvalue weighted by Gasteiger charge is 2.26. The van der Waals surface area contributed by atoms with Gasteiger partial charge in [0.25, 0.3) is 0 Å². The van der Waals surface area contributed by atoms with E-state index in [1.165, 1.54) is 35.4 Å². The number of likely N-dealkylation sites (tertiary alicyclic amines) is 1. The van der Waals surface area contributed by atoms with E-state index in [0.29, 0.717) is 53.4 Å². The van der Waals surface area contributed by atoms with Gasteiger partial charge in [-0.3, -0.25) is 4.98 Å². The molecule has 1 saturated heterocycles. The molecule has 1 aliphatic heterocycles. The maximum Gasteiger partial charge on any atom is 0.407 e. The molecule has 1 aliphatic rings. The standard InChI is InChI=1S/C31H24Cl2F2N8O2/c32-19-3-1-17(2-4-19)29(27-16-43(41-40-27)22-7-9-42(10-8-22)31(44)45)39-21-11-23-28(38-20-5-6-25(34)24(33)12-20)18(14-36)15-37-30(23)26(35)13-21/h1-6,11-13,15-16,22,29,39H,7-10H2,(H,37,38)(H,44,45). The minimum Gasteiger partial charge on any atom is -0.465 e. The zero-order valence-electron chi connectivity index (χ0n) is 23.4. The molecule has 3 heterocycles. The second kappa shape index (κ2) is 12.6. The molecule has 0 aliphatic carbocycles. The predicted molar refractivity (Wildman–Crippen MR) is 166 cm³/mol. The third-order valence-corrected chi connectivity index (χ3v) is 8.22. The molecule has 0 spiro atoms. The minimum absolute atomic E-state index is 0.0250. The summed E-state index contributed by atoms with van der Waals surface area (Å²) in [6.45, 7) is 0.785. The van der Waals surface area contributed by atoms with Gasteiger partial charge in [-0.25, -0.2) is 18.3 Å². The van der Waals surface area contributed by atoms with Crippen molar-refractivity contribution in [3.05, 3.63) is 105 Å². The number of amides is 1. The first-order chi connectivity index (χ1) is 21.7. The summed E-state index contributed by atoms with van der Waals surface area (Å²) in [6.07, 6.45) is 3.30. The van der Waals surface area contributed by atoms with Crippen LogP contribution in [0.4, 0.5) is 30.6 Å². The molecular formula is C31H24Cl2F2N8O2. The van der Waals surface area contributed by atoms with Crippen LogP contribution in [0, 0.1) is 23.0 Å². The Morgan fingerprint density at radius 2 is 1.80 bits per heavy atom. The van der Waals surface area contributed by atoms with Crippen LogP contribution in [0.15, 0.2) is 67.0 Å². The molecule has 6 rings (SSSR count). The normalized spacial score (nSPS) is 14.2. The number of fused-ring (bicyclic) bond motifs is 1. The monoisotopic (exact) mass is 648 g/mol. The van der Waals surface area contributed by atoms with E-state index in [-0.39, 0.29) is 27.8 Å². The Balaban J connectivity index is 1.37. The highest BCUT2D eigenvalue weighted by Crippen LogP contribution is 2.35. The van der Waals surface area contributed by atoms with Crippen LogP contribution >= 0.6 is 23.2 Å². The number of piperidine rings is 1. The van der Waals surface area contributed by atoms with E-state index < -0.39 is 23.8 Å². The van der Waals surface area contributed by atoms with Crippen LogP contribution in [0.5, 0.6) is 0 Å². The lowest BCUT2D eigenvalue weighted by molar-refractivity contribution is 0.123. The van der Waals surface area contributed by atoms with Gasteiger partial charge >= 0.3 is 6.09 Å². The predicted octanol–water partition coefficient (Wildman–Crippen LogP) is 7.54. The van der Waals surface area contributed by atoms with Crippen LogP contribution in [-0.4, -0.2) is 49.2 Å². The zero-order chi connectivity index (χ0) is 31.7. The van der Waals surface area contributed by atoms with Gasteiger partial charge in [0.15, 0.2) is 5.82 Å². The molecule has 45 heavy (non-hydrogen) atoms. The summed E-state index contributed by atoms with van der Waals surface area (Å²) in [5.41, 5.74) is 2.52. The molecule has 3 aromatic carbocycles. The number of carboxylic acid groups (broad SMARTS) is 1. The molecule has 3 N–H and O–H groups in total. The molecule has 10 nitrogen and oxygen atoms in total. The van der Waals surface area contributed by atoms with Crippen molar-refractivity contribution in [3.8, 4) is 6.07 Å². The summed E-state index contributed by atoms with van der Waals surface area (Å²) in [5, 5.41) is 35.0. The maximum absolute atomic E-state index is 15.6. The van der Waals surface area contributed by atoms with Gasteiger partial charge in [0.05, 0.1) is 34.6 Å². The van der Waals surface area contributed by atoms with Gasteiger partial charge in [0, 0.05) is 41.1 Å². The number of carbonyl (C=O) groups is 1. The molecule has 228 valence electrons. The lowest BCUT2D eigenvalue weighted by atomic mass is 10.0. The average Bonchev–Trinajstić information content (AvgIpc) is 3.53. The Labute approximate surface area is 265 Å². The molecule has 0 saturated carbocycles. The van der Waals surface area contributed by atoms with Crippen molar-refractivity contribution in [3.63, 3.8) is 0 Å². The number of hydrogen-bond donors (Lipinski definition) is 3. The molecule has 1 amide bonds. The van der Waals surface area contributed by atoms with Crippen molar-refractivity contribution in [2.75, 3.05) is 23.7 Å². The van der Waals surface area contributed by atoms with Crippen LogP contribution in [0.3, 0.4) is 0 Å². The molecule has 14 heteroatoms. The fraction of sp³-hybridized carbons (Fsp3) is 0.194. The molecule has 5 aromatic rings. The van der Waals surface area contributed by atoms with Crippen molar-refractivity contribution < 1.29 is 18.7 Å². The number of nitrogens with zero attached hydrogens (tertiary/aromatic N) is 6. The Hall–Kier alpha value is -4.99. The lowest BCUT2D eigenvalue weighted by Crippen LogP contribution is -2.38. The van der Waals surface area contributed by atoms with Crippen LogP contribution in [0.2, 0.25) is 10.0 Å². The lowest BCUT2D eigenvalue weighted by Gasteiger charge is -2.29. The van der Waals surface area contributed by atoms with E-state index in [9.17, 15) is 19.6 Å². The van der Waals surface area contributed by atoms with Gasteiger partial charge in [-0.15, -0.1) is 5.10 Å². The summed E-state index contributed by atoms with van der Waals surface area (Å²) in [7, 11) is 0. The molecular weight excluding hydrogens is 625 g/mol.